The maximum Gasteiger partial charge on any atom is 0.119 e. The first-order valence-corrected chi connectivity index (χ1v) is 10.5. The van der Waals surface area contributed by atoms with Gasteiger partial charge >= 0.3 is 0 Å². The Hall–Kier alpha value is -3.72. The van der Waals surface area contributed by atoms with Crippen LogP contribution in [0.4, 0.5) is 0 Å². The molecule has 0 N–H and O–H groups in total. The van der Waals surface area contributed by atoms with E-state index >= 15 is 0 Å². The van der Waals surface area contributed by atoms with E-state index in [0.29, 0.717) is 0 Å². The van der Waals surface area contributed by atoms with Crippen LogP contribution in [0, 0.1) is 0 Å². The zero-order valence-electron chi connectivity index (χ0n) is 18.2. The van der Waals surface area contributed by atoms with Gasteiger partial charge in [-0.3, -0.25) is 0 Å². The van der Waals surface area contributed by atoms with Crippen LogP contribution in [-0.4, -0.2) is 18.8 Å². The second-order valence-corrected chi connectivity index (χ2v) is 7.37. The molecule has 0 aliphatic rings. The highest BCUT2D eigenvalue weighted by Crippen LogP contribution is 2.26. The third-order valence-corrected chi connectivity index (χ3v) is 5.39. The molecule has 1 heterocycles. The molecule has 4 rings (SSSR count). The summed E-state index contributed by atoms with van der Waals surface area (Å²) in [4.78, 5) is 0. The first-order valence-electron chi connectivity index (χ1n) is 10.5. The molecule has 0 amide bonds. The number of ether oxygens (including phenoxy) is 2. The Balaban J connectivity index is 1.67. The van der Waals surface area contributed by atoms with Crippen molar-refractivity contribution in [1.82, 2.24) is 4.57 Å². The molecule has 3 nitrogen and oxygen atoms in total. The van der Waals surface area contributed by atoms with Crippen molar-refractivity contribution in [1.29, 1.82) is 0 Å². The van der Waals surface area contributed by atoms with Crippen LogP contribution in [0.1, 0.15) is 29.2 Å². The first-order chi connectivity index (χ1) is 15.2. The molecule has 0 saturated heterocycles. The first kappa shape index (κ1) is 20.5. The number of aromatic nitrogens is 1. The van der Waals surface area contributed by atoms with Crippen LogP contribution in [0.3, 0.4) is 0 Å². The van der Waals surface area contributed by atoms with Crippen LogP contribution in [-0.2, 0) is 6.54 Å². The summed E-state index contributed by atoms with van der Waals surface area (Å²) in [7, 11) is 3.38. The summed E-state index contributed by atoms with van der Waals surface area (Å²) in [5, 5.41) is 1.24. The highest BCUT2D eigenvalue weighted by Gasteiger charge is 2.06. The van der Waals surface area contributed by atoms with Gasteiger partial charge in [-0.2, -0.15) is 0 Å². The Morgan fingerprint density at radius 1 is 0.710 bits per heavy atom. The molecule has 0 unspecified atom stereocenters. The molecule has 3 aromatic carbocycles. The second-order valence-electron chi connectivity index (χ2n) is 7.37. The molecule has 3 heteroatoms. The highest BCUT2D eigenvalue weighted by atomic mass is 16.5. The van der Waals surface area contributed by atoms with Crippen LogP contribution in [0.25, 0.3) is 35.2 Å². The normalized spacial score (nSPS) is 11.6. The SMILES string of the molecule is CCn1cc(/C=C/c2cccc(OC)c2)c2cc(/C=C/c3cccc(OC)c3)ccc21. The van der Waals surface area contributed by atoms with Crippen molar-refractivity contribution in [3.63, 3.8) is 0 Å². The molecule has 0 radical (unpaired) electrons. The Kier molecular flexibility index (Phi) is 6.23. The number of hydrogen-bond acceptors (Lipinski definition) is 2. The molecule has 0 atom stereocenters. The average molecular weight is 410 g/mol. The molecule has 156 valence electrons. The van der Waals surface area contributed by atoms with Gasteiger partial charge in [-0.1, -0.05) is 54.6 Å². The standard InChI is InChI=1S/C28H27NO2/c1-4-29-20-24(15-13-22-8-6-10-26(18-22)31-3)27-19-23(14-16-28(27)29)12-11-21-7-5-9-25(17-21)30-2/h5-20H,4H2,1-3H3/b12-11+,15-13+. The smallest absolute Gasteiger partial charge is 0.119 e. The fourth-order valence-corrected chi connectivity index (χ4v) is 3.71. The lowest BCUT2D eigenvalue weighted by Gasteiger charge is -2.02. The number of aryl methyl sites for hydroxylation is 1. The Labute approximate surface area is 183 Å². The summed E-state index contributed by atoms with van der Waals surface area (Å²) in [5.74, 6) is 1.73. The van der Waals surface area contributed by atoms with Gasteiger partial charge in [-0.15, -0.1) is 0 Å². The van der Waals surface area contributed by atoms with Gasteiger partial charge in [0.1, 0.15) is 11.5 Å². The monoisotopic (exact) mass is 409 g/mol. The molecule has 0 saturated carbocycles. The molecule has 0 aliphatic carbocycles. The molecule has 0 spiro atoms. The third-order valence-electron chi connectivity index (χ3n) is 5.39. The number of hydrogen-bond donors (Lipinski definition) is 0. The minimum Gasteiger partial charge on any atom is -0.497 e. The van der Waals surface area contributed by atoms with E-state index in [1.807, 2.05) is 36.4 Å². The molecule has 4 aromatic rings. The fourth-order valence-electron chi connectivity index (χ4n) is 3.71. The molecule has 0 fully saturated rings. The lowest BCUT2D eigenvalue weighted by atomic mass is 10.1. The van der Waals surface area contributed by atoms with Crippen LogP contribution in [0.5, 0.6) is 11.5 Å². The van der Waals surface area contributed by atoms with Crippen molar-refractivity contribution >= 4 is 35.2 Å². The highest BCUT2D eigenvalue weighted by molar-refractivity contribution is 5.94. The third kappa shape index (κ3) is 4.72. The van der Waals surface area contributed by atoms with Gasteiger partial charge in [0.05, 0.1) is 14.2 Å². The van der Waals surface area contributed by atoms with Gasteiger partial charge in [0.25, 0.3) is 0 Å². The zero-order valence-corrected chi connectivity index (χ0v) is 18.2. The number of fused-ring (bicyclic) bond motifs is 1. The minimum atomic E-state index is 0.864. The van der Waals surface area contributed by atoms with Gasteiger partial charge in [-0.05, 0) is 60.0 Å². The van der Waals surface area contributed by atoms with E-state index in [0.717, 1.165) is 29.2 Å². The maximum absolute atomic E-state index is 5.34. The van der Waals surface area contributed by atoms with Gasteiger partial charge in [0.2, 0.25) is 0 Å². The van der Waals surface area contributed by atoms with Crippen molar-refractivity contribution < 1.29 is 9.47 Å². The molecule has 31 heavy (non-hydrogen) atoms. The maximum atomic E-state index is 5.34. The Morgan fingerprint density at radius 2 is 1.29 bits per heavy atom. The lowest BCUT2D eigenvalue weighted by Crippen LogP contribution is -1.90. The Bertz CT molecular complexity index is 1250. The predicted octanol–water partition coefficient (Wildman–Crippen LogP) is 7.02. The lowest BCUT2D eigenvalue weighted by molar-refractivity contribution is 0.414. The van der Waals surface area contributed by atoms with Gasteiger partial charge in [-0.25, -0.2) is 0 Å². The summed E-state index contributed by atoms with van der Waals surface area (Å²) < 4.78 is 12.9. The van der Waals surface area contributed by atoms with Crippen molar-refractivity contribution in [2.24, 2.45) is 0 Å². The van der Waals surface area contributed by atoms with E-state index in [9.17, 15) is 0 Å². The van der Waals surface area contributed by atoms with Crippen LogP contribution >= 0.6 is 0 Å². The Morgan fingerprint density at radius 3 is 1.87 bits per heavy atom. The second kappa shape index (κ2) is 9.40. The van der Waals surface area contributed by atoms with Gasteiger partial charge < -0.3 is 14.0 Å². The quantitative estimate of drug-likeness (QED) is 0.306. The van der Waals surface area contributed by atoms with E-state index in [1.165, 1.54) is 22.0 Å². The summed E-state index contributed by atoms with van der Waals surface area (Å²) in [5.41, 5.74) is 5.84. The van der Waals surface area contributed by atoms with Crippen molar-refractivity contribution in [2.45, 2.75) is 13.5 Å². The summed E-state index contributed by atoms with van der Waals surface area (Å²) in [6.45, 7) is 3.11. The van der Waals surface area contributed by atoms with E-state index in [4.69, 9.17) is 9.47 Å². The number of benzene rings is 3. The van der Waals surface area contributed by atoms with Crippen LogP contribution in [0.15, 0.2) is 72.9 Å². The largest absolute Gasteiger partial charge is 0.497 e. The van der Waals surface area contributed by atoms with E-state index in [1.54, 1.807) is 14.2 Å². The fraction of sp³-hybridized carbons (Fsp3) is 0.143. The van der Waals surface area contributed by atoms with Crippen LogP contribution < -0.4 is 9.47 Å². The number of rotatable bonds is 7. The number of methoxy groups -OCH3 is 2. The van der Waals surface area contributed by atoms with Crippen molar-refractivity contribution in [3.05, 3.63) is 95.2 Å². The van der Waals surface area contributed by atoms with E-state index < -0.39 is 0 Å². The molecule has 1 aromatic heterocycles. The molecular formula is C28H27NO2. The predicted molar refractivity (Wildman–Crippen MR) is 131 cm³/mol. The van der Waals surface area contributed by atoms with Gasteiger partial charge in [0.15, 0.2) is 0 Å². The van der Waals surface area contributed by atoms with E-state index in [2.05, 4.69) is 72.3 Å². The molecule has 0 bridgehead atoms. The number of nitrogens with zero attached hydrogens (tertiary/aromatic N) is 1. The van der Waals surface area contributed by atoms with Gasteiger partial charge in [0, 0.05) is 29.2 Å². The summed E-state index contributed by atoms with van der Waals surface area (Å²) in [6, 6.07) is 22.8. The summed E-state index contributed by atoms with van der Waals surface area (Å²) in [6.07, 6.45) is 10.8. The average Bonchev–Trinajstić information content (AvgIpc) is 3.18. The minimum absolute atomic E-state index is 0.864. The van der Waals surface area contributed by atoms with E-state index in [-0.39, 0.29) is 0 Å². The molecular weight excluding hydrogens is 382 g/mol. The van der Waals surface area contributed by atoms with Crippen LogP contribution in [0.2, 0.25) is 0 Å². The molecule has 0 aliphatic heterocycles. The zero-order chi connectivity index (χ0) is 21.6. The van der Waals surface area contributed by atoms with Crippen molar-refractivity contribution in [3.8, 4) is 11.5 Å². The summed E-state index contributed by atoms with van der Waals surface area (Å²) >= 11 is 0. The van der Waals surface area contributed by atoms with Crippen molar-refractivity contribution in [2.75, 3.05) is 14.2 Å². The topological polar surface area (TPSA) is 23.4 Å².